The van der Waals surface area contributed by atoms with E-state index in [4.69, 9.17) is 14.5 Å². The van der Waals surface area contributed by atoms with Crippen molar-refractivity contribution < 1.29 is 19.1 Å². The summed E-state index contributed by atoms with van der Waals surface area (Å²) in [7, 11) is 0. The van der Waals surface area contributed by atoms with Crippen LogP contribution < -0.4 is 4.80 Å². The fourth-order valence-corrected chi connectivity index (χ4v) is 5.37. The van der Waals surface area contributed by atoms with Gasteiger partial charge in [0.2, 0.25) is 0 Å². The Morgan fingerprint density at radius 3 is 2.53 bits per heavy atom. The predicted molar refractivity (Wildman–Crippen MR) is 149 cm³/mol. The standard InChI is InChI=1S/C30H27N3O4S/c1-3-36-17-16-33-26-15-14-21(29(35)37-4-2)18-27(26)38-30(33)32-28(34)23-19-25(20-10-6-5-7-11-20)31-24-13-9-8-12-22(23)24/h5-15,18-19H,3-4,16-17H2,1-2H3. The number of nitrogens with zero attached hydrogens (tertiary/aromatic N) is 3. The van der Waals surface area contributed by atoms with Gasteiger partial charge in [0.1, 0.15) is 0 Å². The summed E-state index contributed by atoms with van der Waals surface area (Å²) in [5.74, 6) is -0.738. The minimum absolute atomic E-state index is 0.301. The van der Waals surface area contributed by atoms with E-state index in [1.54, 1.807) is 25.1 Å². The zero-order valence-electron chi connectivity index (χ0n) is 21.2. The van der Waals surface area contributed by atoms with Crippen molar-refractivity contribution in [1.82, 2.24) is 9.55 Å². The monoisotopic (exact) mass is 525 g/mol. The van der Waals surface area contributed by atoms with Gasteiger partial charge in [-0.2, -0.15) is 4.99 Å². The summed E-state index contributed by atoms with van der Waals surface area (Å²) < 4.78 is 13.5. The van der Waals surface area contributed by atoms with Gasteiger partial charge in [0.25, 0.3) is 5.91 Å². The van der Waals surface area contributed by atoms with Crippen molar-refractivity contribution in [3.8, 4) is 11.3 Å². The maximum Gasteiger partial charge on any atom is 0.338 e. The molecule has 5 aromatic rings. The summed E-state index contributed by atoms with van der Waals surface area (Å²) in [6.07, 6.45) is 0. The van der Waals surface area contributed by atoms with Crippen LogP contribution >= 0.6 is 11.3 Å². The predicted octanol–water partition coefficient (Wildman–Crippen LogP) is 5.87. The molecule has 0 aliphatic rings. The van der Waals surface area contributed by atoms with Gasteiger partial charge in [-0.15, -0.1) is 0 Å². The number of para-hydroxylation sites is 1. The number of benzene rings is 3. The Labute approximate surface area is 224 Å². The molecule has 5 rings (SSSR count). The molecule has 0 saturated carbocycles. The Morgan fingerprint density at radius 2 is 1.74 bits per heavy atom. The van der Waals surface area contributed by atoms with Gasteiger partial charge >= 0.3 is 5.97 Å². The second-order valence-electron chi connectivity index (χ2n) is 8.49. The number of aromatic nitrogens is 2. The van der Waals surface area contributed by atoms with Gasteiger partial charge in [0.05, 0.1) is 45.8 Å². The molecule has 3 aromatic carbocycles. The van der Waals surface area contributed by atoms with E-state index >= 15 is 0 Å². The Morgan fingerprint density at radius 1 is 0.947 bits per heavy atom. The van der Waals surface area contributed by atoms with E-state index in [-0.39, 0.29) is 11.9 Å². The van der Waals surface area contributed by atoms with Gasteiger partial charge in [0, 0.05) is 24.1 Å². The Hall–Kier alpha value is -4.14. The van der Waals surface area contributed by atoms with Gasteiger partial charge in [-0.3, -0.25) is 4.79 Å². The number of ether oxygens (including phenoxy) is 2. The lowest BCUT2D eigenvalue weighted by atomic mass is 10.0. The van der Waals surface area contributed by atoms with Crippen LogP contribution in [0, 0.1) is 0 Å². The van der Waals surface area contributed by atoms with Gasteiger partial charge < -0.3 is 14.0 Å². The van der Waals surface area contributed by atoms with Crippen LogP contribution in [0.1, 0.15) is 34.6 Å². The third-order valence-corrected chi connectivity index (χ3v) is 7.11. The van der Waals surface area contributed by atoms with Crippen LogP contribution in [0.4, 0.5) is 0 Å². The first-order valence-electron chi connectivity index (χ1n) is 12.5. The highest BCUT2D eigenvalue weighted by Crippen LogP contribution is 2.26. The third kappa shape index (κ3) is 5.27. The van der Waals surface area contributed by atoms with Gasteiger partial charge in [-0.1, -0.05) is 59.9 Å². The third-order valence-electron chi connectivity index (χ3n) is 6.07. The van der Waals surface area contributed by atoms with Crippen LogP contribution in [0.15, 0.2) is 83.9 Å². The molecular formula is C30H27N3O4S. The second kappa shape index (κ2) is 11.5. The van der Waals surface area contributed by atoms with E-state index in [2.05, 4.69) is 4.99 Å². The maximum absolute atomic E-state index is 13.7. The van der Waals surface area contributed by atoms with E-state index in [9.17, 15) is 9.59 Å². The zero-order valence-corrected chi connectivity index (χ0v) is 22.0. The molecular weight excluding hydrogens is 498 g/mol. The van der Waals surface area contributed by atoms with Crippen molar-refractivity contribution in [3.05, 3.63) is 94.8 Å². The van der Waals surface area contributed by atoms with Gasteiger partial charge in [-0.25, -0.2) is 9.78 Å². The molecule has 0 aliphatic heterocycles. The normalized spacial score (nSPS) is 11.8. The molecule has 0 radical (unpaired) electrons. The lowest BCUT2D eigenvalue weighted by Crippen LogP contribution is -2.20. The highest BCUT2D eigenvalue weighted by Gasteiger charge is 2.16. The highest BCUT2D eigenvalue weighted by atomic mass is 32.1. The van der Waals surface area contributed by atoms with Crippen molar-refractivity contribution in [2.24, 2.45) is 4.99 Å². The highest BCUT2D eigenvalue weighted by molar-refractivity contribution is 7.16. The first-order valence-corrected chi connectivity index (χ1v) is 13.3. The van der Waals surface area contributed by atoms with E-state index in [0.717, 1.165) is 26.7 Å². The molecule has 0 fully saturated rings. The minimum atomic E-state index is -0.380. The maximum atomic E-state index is 13.7. The number of carbonyl (C=O) groups excluding carboxylic acids is 2. The SMILES string of the molecule is CCOCCn1c(=NC(=O)c2cc(-c3ccccc3)nc3ccccc23)sc2cc(C(=O)OCC)ccc21. The van der Waals surface area contributed by atoms with Crippen LogP contribution in [0.2, 0.25) is 0 Å². The van der Waals surface area contributed by atoms with Crippen molar-refractivity contribution in [1.29, 1.82) is 0 Å². The van der Waals surface area contributed by atoms with E-state index in [1.165, 1.54) is 11.3 Å². The quantitative estimate of drug-likeness (QED) is 0.187. The van der Waals surface area contributed by atoms with Crippen molar-refractivity contribution in [2.75, 3.05) is 19.8 Å². The van der Waals surface area contributed by atoms with Crippen LogP contribution in [0.5, 0.6) is 0 Å². The molecule has 0 saturated heterocycles. The van der Waals surface area contributed by atoms with Crippen LogP contribution in [-0.2, 0) is 16.0 Å². The molecule has 1 amide bonds. The summed E-state index contributed by atoms with van der Waals surface area (Å²) in [5, 5.41) is 0.743. The Balaban J connectivity index is 1.64. The van der Waals surface area contributed by atoms with Crippen molar-refractivity contribution in [3.63, 3.8) is 0 Å². The second-order valence-corrected chi connectivity index (χ2v) is 9.50. The number of pyridine rings is 1. The molecule has 2 heterocycles. The fraction of sp³-hybridized carbons (Fsp3) is 0.200. The lowest BCUT2D eigenvalue weighted by Gasteiger charge is -2.08. The van der Waals surface area contributed by atoms with Gasteiger partial charge in [0.15, 0.2) is 4.80 Å². The van der Waals surface area contributed by atoms with Crippen LogP contribution in [0.3, 0.4) is 0 Å². The zero-order chi connectivity index (χ0) is 26.5. The van der Waals surface area contributed by atoms with E-state index in [0.29, 0.717) is 48.0 Å². The number of rotatable bonds is 8. The average Bonchev–Trinajstić information content (AvgIpc) is 3.29. The van der Waals surface area contributed by atoms with Crippen molar-refractivity contribution >= 4 is 44.3 Å². The molecule has 0 atom stereocenters. The molecule has 0 bridgehead atoms. The molecule has 38 heavy (non-hydrogen) atoms. The Kier molecular flexibility index (Phi) is 7.72. The van der Waals surface area contributed by atoms with E-state index in [1.807, 2.05) is 72.2 Å². The number of esters is 1. The van der Waals surface area contributed by atoms with Gasteiger partial charge in [-0.05, 0) is 44.2 Å². The molecule has 192 valence electrons. The fourth-order valence-electron chi connectivity index (χ4n) is 4.27. The van der Waals surface area contributed by atoms with E-state index < -0.39 is 0 Å². The van der Waals surface area contributed by atoms with Crippen LogP contribution in [-0.4, -0.2) is 41.2 Å². The first-order chi connectivity index (χ1) is 18.6. The van der Waals surface area contributed by atoms with Crippen LogP contribution in [0.25, 0.3) is 32.4 Å². The molecule has 2 aromatic heterocycles. The topological polar surface area (TPSA) is 82.8 Å². The number of fused-ring (bicyclic) bond motifs is 2. The summed E-state index contributed by atoms with van der Waals surface area (Å²) in [4.78, 5) is 35.9. The number of hydrogen-bond acceptors (Lipinski definition) is 6. The average molecular weight is 526 g/mol. The number of thiazole rings is 1. The summed E-state index contributed by atoms with van der Waals surface area (Å²) >= 11 is 1.36. The molecule has 8 heteroatoms. The smallest absolute Gasteiger partial charge is 0.338 e. The number of amides is 1. The molecule has 0 spiro atoms. The molecule has 7 nitrogen and oxygen atoms in total. The molecule has 0 unspecified atom stereocenters. The lowest BCUT2D eigenvalue weighted by molar-refractivity contribution is 0.0526. The molecule has 0 N–H and O–H groups in total. The first kappa shape index (κ1) is 25.5. The summed E-state index contributed by atoms with van der Waals surface area (Å²) in [5.41, 5.74) is 4.18. The minimum Gasteiger partial charge on any atom is -0.462 e. The number of carbonyl (C=O) groups is 2. The Bertz CT molecular complexity index is 1690. The summed E-state index contributed by atoms with van der Waals surface area (Å²) in [6, 6.07) is 24.6. The molecule has 0 aliphatic carbocycles. The summed E-state index contributed by atoms with van der Waals surface area (Å²) in [6.45, 7) is 5.60. The van der Waals surface area contributed by atoms with Crippen molar-refractivity contribution in [2.45, 2.75) is 20.4 Å². The number of hydrogen-bond donors (Lipinski definition) is 0. The largest absolute Gasteiger partial charge is 0.462 e.